The van der Waals surface area contributed by atoms with Gasteiger partial charge in [-0.1, -0.05) is 34.7 Å². The van der Waals surface area contributed by atoms with Crippen LogP contribution in [0.5, 0.6) is 0 Å². The van der Waals surface area contributed by atoms with Gasteiger partial charge in [0.2, 0.25) is 0 Å². The molecule has 1 saturated heterocycles. The Bertz CT molecular complexity index is 1600. The Labute approximate surface area is 253 Å². The van der Waals surface area contributed by atoms with Crippen LogP contribution < -0.4 is 0 Å². The summed E-state index contributed by atoms with van der Waals surface area (Å²) in [5, 5.41) is 37.9. The summed E-state index contributed by atoms with van der Waals surface area (Å²) in [7, 11) is 0. The number of aromatic nitrogens is 6. The Morgan fingerprint density at radius 1 is 0.977 bits per heavy atom. The van der Waals surface area contributed by atoms with E-state index in [1.165, 1.54) is 28.9 Å². The Balaban J connectivity index is 1.17. The predicted molar refractivity (Wildman–Crippen MR) is 155 cm³/mol. The lowest BCUT2D eigenvalue weighted by Gasteiger charge is -2.42. The number of carbonyl (C=O) groups is 1. The molecule has 2 fully saturated rings. The number of amides is 1. The molecule has 6 atom stereocenters. The second-order valence-corrected chi connectivity index (χ2v) is 11.4. The van der Waals surface area contributed by atoms with E-state index >= 15 is 0 Å². The molecule has 232 valence electrons. The number of ether oxygens (including phenoxy) is 1. The van der Waals surface area contributed by atoms with Gasteiger partial charge in [0.1, 0.15) is 41.3 Å². The van der Waals surface area contributed by atoms with E-state index in [1.807, 2.05) is 18.0 Å². The number of aliphatic hydroxyl groups is 2. The Kier molecular flexibility index (Phi) is 8.78. The molecule has 1 saturated carbocycles. The van der Waals surface area contributed by atoms with E-state index in [0.29, 0.717) is 35.5 Å². The van der Waals surface area contributed by atoms with Crippen molar-refractivity contribution in [2.45, 2.75) is 75.5 Å². The number of hydrogen-bond donors (Lipinski definition) is 2. The molecule has 13 heteroatoms. The molecule has 4 aromatic rings. The molecule has 1 aliphatic heterocycles. The molecule has 3 heterocycles. The van der Waals surface area contributed by atoms with E-state index in [2.05, 4.69) is 20.6 Å². The summed E-state index contributed by atoms with van der Waals surface area (Å²) < 4.78 is 36.7. The lowest BCUT2D eigenvalue weighted by molar-refractivity contribution is -0.180. The third kappa shape index (κ3) is 6.12. The molecule has 2 aromatic heterocycles. The standard InChI is InChI=1S/C31H35F2N7O4/c1-2-38(23-10-5-11-24(14-23)39-16-25(34-36-39)19-6-3-8-21(32)12-19)31(43)28-15-27(30(42)29(18-41)44-28)40-17-26(35-37-40)20-7-4-9-22(33)13-20/h3-4,6-9,12-13,16-17,23-24,27-30,41-42H,2,5,10-11,14-15,18H2,1H3/t23-,24+,27-,28-,29-,30-/m1/s1. The lowest BCUT2D eigenvalue weighted by Crippen LogP contribution is -2.55. The van der Waals surface area contributed by atoms with Crippen LogP contribution in [-0.4, -0.2) is 88.5 Å². The van der Waals surface area contributed by atoms with Crippen LogP contribution in [0.3, 0.4) is 0 Å². The van der Waals surface area contributed by atoms with Crippen molar-refractivity contribution in [3.63, 3.8) is 0 Å². The molecule has 0 bridgehead atoms. The number of benzene rings is 2. The lowest BCUT2D eigenvalue weighted by atomic mass is 9.89. The Hall–Kier alpha value is -4.07. The number of rotatable bonds is 8. The molecule has 1 aliphatic carbocycles. The molecule has 44 heavy (non-hydrogen) atoms. The summed E-state index contributed by atoms with van der Waals surface area (Å²) in [6.45, 7) is 1.89. The first-order chi connectivity index (χ1) is 21.3. The first kappa shape index (κ1) is 30.0. The van der Waals surface area contributed by atoms with Crippen molar-refractivity contribution in [2.24, 2.45) is 0 Å². The molecular weight excluding hydrogens is 572 g/mol. The van der Waals surface area contributed by atoms with Crippen molar-refractivity contribution in [1.82, 2.24) is 34.9 Å². The van der Waals surface area contributed by atoms with Gasteiger partial charge in [-0.05, 0) is 56.9 Å². The van der Waals surface area contributed by atoms with Gasteiger partial charge >= 0.3 is 0 Å². The number of nitrogens with zero attached hydrogens (tertiary/aromatic N) is 7. The van der Waals surface area contributed by atoms with Crippen molar-refractivity contribution in [2.75, 3.05) is 13.2 Å². The van der Waals surface area contributed by atoms with E-state index in [9.17, 15) is 23.8 Å². The SMILES string of the molecule is CCN(C(=O)[C@H]1C[C@@H](n2cc(-c3cccc(F)c3)nn2)[C@@H](O)[C@@H](CO)O1)[C@@H]1CCC[C@H](n2cc(-c3cccc(F)c3)nn2)C1. The van der Waals surface area contributed by atoms with Crippen molar-refractivity contribution < 1.29 is 28.5 Å². The third-order valence-corrected chi connectivity index (χ3v) is 8.68. The highest BCUT2D eigenvalue weighted by atomic mass is 19.1. The molecule has 1 amide bonds. The normalized spacial score (nSPS) is 25.6. The maximum Gasteiger partial charge on any atom is 0.252 e. The average Bonchev–Trinajstić information content (AvgIpc) is 3.73. The number of halogens is 2. The zero-order valence-electron chi connectivity index (χ0n) is 24.3. The van der Waals surface area contributed by atoms with Crippen LogP contribution in [0.15, 0.2) is 60.9 Å². The largest absolute Gasteiger partial charge is 0.394 e. The first-order valence-electron chi connectivity index (χ1n) is 14.9. The third-order valence-electron chi connectivity index (χ3n) is 8.68. The van der Waals surface area contributed by atoms with Crippen molar-refractivity contribution >= 4 is 5.91 Å². The van der Waals surface area contributed by atoms with E-state index in [0.717, 1.165) is 19.3 Å². The summed E-state index contributed by atoms with van der Waals surface area (Å²) in [6, 6.07) is 11.4. The minimum absolute atomic E-state index is 0.00818. The monoisotopic (exact) mass is 607 g/mol. The molecule has 2 aromatic carbocycles. The Morgan fingerprint density at radius 2 is 1.61 bits per heavy atom. The van der Waals surface area contributed by atoms with Gasteiger partial charge in [0.25, 0.3) is 5.91 Å². The van der Waals surface area contributed by atoms with Gasteiger partial charge in [-0.3, -0.25) is 4.79 Å². The van der Waals surface area contributed by atoms with Gasteiger partial charge in [0.15, 0.2) is 0 Å². The summed E-state index contributed by atoms with van der Waals surface area (Å²) in [6.07, 6.45) is 3.69. The Morgan fingerprint density at radius 3 is 2.23 bits per heavy atom. The minimum atomic E-state index is -1.14. The second-order valence-electron chi connectivity index (χ2n) is 11.4. The average molecular weight is 608 g/mol. The van der Waals surface area contributed by atoms with Crippen LogP contribution in [0, 0.1) is 11.6 Å². The fourth-order valence-corrected chi connectivity index (χ4v) is 6.42. The summed E-state index contributed by atoms with van der Waals surface area (Å²) in [4.78, 5) is 15.8. The highest BCUT2D eigenvalue weighted by Gasteiger charge is 2.44. The number of likely N-dealkylation sites (N-methyl/N-ethyl adjacent to an activating group) is 1. The van der Waals surface area contributed by atoms with E-state index in [1.54, 1.807) is 35.1 Å². The topological polar surface area (TPSA) is 131 Å². The van der Waals surface area contributed by atoms with Gasteiger partial charge in [-0.2, -0.15) is 0 Å². The zero-order valence-corrected chi connectivity index (χ0v) is 24.3. The van der Waals surface area contributed by atoms with Crippen LogP contribution >= 0.6 is 0 Å². The molecule has 2 N–H and O–H groups in total. The molecular formula is C31H35F2N7O4. The minimum Gasteiger partial charge on any atom is -0.394 e. The predicted octanol–water partition coefficient (Wildman–Crippen LogP) is 3.57. The van der Waals surface area contributed by atoms with Gasteiger partial charge in [0, 0.05) is 30.1 Å². The smallest absolute Gasteiger partial charge is 0.252 e. The number of carbonyl (C=O) groups excluding carboxylic acids is 1. The molecule has 0 radical (unpaired) electrons. The van der Waals surface area contributed by atoms with E-state index in [-0.39, 0.29) is 30.2 Å². The highest BCUT2D eigenvalue weighted by molar-refractivity contribution is 5.81. The van der Waals surface area contributed by atoms with Crippen LogP contribution in [0.2, 0.25) is 0 Å². The van der Waals surface area contributed by atoms with Crippen LogP contribution in [-0.2, 0) is 9.53 Å². The van der Waals surface area contributed by atoms with E-state index < -0.39 is 36.8 Å². The molecule has 2 aliphatic rings. The van der Waals surface area contributed by atoms with Crippen molar-refractivity contribution in [3.05, 3.63) is 72.6 Å². The maximum atomic E-state index is 14.0. The summed E-state index contributed by atoms with van der Waals surface area (Å²) in [5.74, 6) is -0.974. The molecule has 11 nitrogen and oxygen atoms in total. The van der Waals surface area contributed by atoms with E-state index in [4.69, 9.17) is 4.74 Å². The quantitative estimate of drug-likeness (QED) is 0.311. The maximum absolute atomic E-state index is 14.0. The van der Waals surface area contributed by atoms with Crippen LogP contribution in [0.25, 0.3) is 22.5 Å². The number of hydrogen-bond acceptors (Lipinski definition) is 8. The first-order valence-corrected chi connectivity index (χ1v) is 14.9. The molecule has 0 unspecified atom stereocenters. The fraction of sp³-hybridized carbons (Fsp3) is 0.452. The molecule has 6 rings (SSSR count). The van der Waals surface area contributed by atoms with Gasteiger partial charge in [-0.25, -0.2) is 18.1 Å². The summed E-state index contributed by atoms with van der Waals surface area (Å²) in [5.41, 5.74) is 2.18. The van der Waals surface area contributed by atoms with Gasteiger partial charge in [0.05, 0.1) is 31.1 Å². The second kappa shape index (κ2) is 12.9. The van der Waals surface area contributed by atoms with Gasteiger partial charge < -0.3 is 19.8 Å². The molecule has 0 spiro atoms. The van der Waals surface area contributed by atoms with Crippen LogP contribution in [0.4, 0.5) is 8.78 Å². The van der Waals surface area contributed by atoms with Crippen molar-refractivity contribution in [1.29, 1.82) is 0 Å². The van der Waals surface area contributed by atoms with Gasteiger partial charge in [-0.15, -0.1) is 10.2 Å². The summed E-state index contributed by atoms with van der Waals surface area (Å²) >= 11 is 0. The number of aliphatic hydroxyl groups excluding tert-OH is 2. The zero-order chi connectivity index (χ0) is 30.8. The highest BCUT2D eigenvalue weighted by Crippen LogP contribution is 2.35. The van der Waals surface area contributed by atoms with Crippen LogP contribution in [0.1, 0.15) is 51.1 Å². The van der Waals surface area contributed by atoms with Crippen molar-refractivity contribution in [3.8, 4) is 22.5 Å². The fourth-order valence-electron chi connectivity index (χ4n) is 6.42.